The summed E-state index contributed by atoms with van der Waals surface area (Å²) >= 11 is 0. The van der Waals surface area contributed by atoms with Crippen LogP contribution in [0.1, 0.15) is 17.7 Å². The number of benzene rings is 2. The molecule has 2 aliphatic rings. The normalized spacial score (nSPS) is 18.9. The number of aryl methyl sites for hydroxylation is 1. The first-order valence-corrected chi connectivity index (χ1v) is 9.95. The molecule has 0 saturated carbocycles. The molecule has 3 aromatic rings. The number of hydrogen-bond acceptors (Lipinski definition) is 3. The highest BCUT2D eigenvalue weighted by atomic mass is 16.3. The Morgan fingerprint density at radius 1 is 1.14 bits per heavy atom. The van der Waals surface area contributed by atoms with Crippen LogP contribution < -0.4 is 10.6 Å². The van der Waals surface area contributed by atoms with Crippen LogP contribution >= 0.6 is 0 Å². The molecule has 2 aromatic carbocycles. The van der Waals surface area contributed by atoms with Gasteiger partial charge >= 0.3 is 0 Å². The smallest absolute Gasteiger partial charge is 0.272 e. The van der Waals surface area contributed by atoms with Gasteiger partial charge in [0, 0.05) is 52.3 Å². The summed E-state index contributed by atoms with van der Waals surface area (Å²) in [5.41, 5.74) is 6.17. The third-order valence-corrected chi connectivity index (χ3v) is 5.92. The van der Waals surface area contributed by atoms with Crippen molar-refractivity contribution in [1.29, 1.82) is 0 Å². The molecule has 29 heavy (non-hydrogen) atoms. The zero-order valence-electron chi connectivity index (χ0n) is 16.1. The van der Waals surface area contributed by atoms with Gasteiger partial charge in [0.15, 0.2) is 0 Å². The Morgan fingerprint density at radius 2 is 1.90 bits per heavy atom. The lowest BCUT2D eigenvalue weighted by Gasteiger charge is -2.24. The van der Waals surface area contributed by atoms with Gasteiger partial charge in [-0.05, 0) is 37.0 Å². The SMILES string of the molecule is C=C1NC(=O)C(Nc2ccccc2)=C1c1c2n(c3ccccc13)CCC(CO)C2. The van der Waals surface area contributed by atoms with Crippen molar-refractivity contribution < 1.29 is 9.90 Å². The van der Waals surface area contributed by atoms with Gasteiger partial charge in [0.25, 0.3) is 5.91 Å². The van der Waals surface area contributed by atoms with Crippen molar-refractivity contribution in [3.05, 3.63) is 83.8 Å². The highest BCUT2D eigenvalue weighted by molar-refractivity contribution is 6.16. The molecule has 0 bridgehead atoms. The molecule has 1 amide bonds. The van der Waals surface area contributed by atoms with E-state index in [-0.39, 0.29) is 18.4 Å². The van der Waals surface area contributed by atoms with Crippen molar-refractivity contribution in [1.82, 2.24) is 9.88 Å². The molecule has 5 rings (SSSR count). The van der Waals surface area contributed by atoms with E-state index in [1.165, 1.54) is 0 Å². The monoisotopic (exact) mass is 385 g/mol. The minimum atomic E-state index is -0.174. The number of carbonyl (C=O) groups is 1. The maximum Gasteiger partial charge on any atom is 0.272 e. The predicted molar refractivity (Wildman–Crippen MR) is 115 cm³/mol. The standard InChI is InChI=1S/C24H23N3O2/c1-15-21(23(24(29)25-15)26-17-7-3-2-4-8-17)22-18-9-5-6-10-19(18)27-12-11-16(14-28)13-20(22)27/h2-10,16,26,28H,1,11-14H2,(H,25,29). The van der Waals surface area contributed by atoms with Crippen molar-refractivity contribution in [2.75, 3.05) is 11.9 Å². The molecule has 0 radical (unpaired) electrons. The number of aliphatic hydroxyl groups is 1. The van der Waals surface area contributed by atoms with E-state index in [2.05, 4.69) is 33.9 Å². The van der Waals surface area contributed by atoms with Crippen LogP contribution in [-0.2, 0) is 17.8 Å². The highest BCUT2D eigenvalue weighted by Gasteiger charge is 2.33. The fourth-order valence-corrected chi connectivity index (χ4v) is 4.53. The van der Waals surface area contributed by atoms with Crippen LogP contribution in [0.4, 0.5) is 5.69 Å². The van der Waals surface area contributed by atoms with Crippen LogP contribution in [0, 0.1) is 5.92 Å². The third-order valence-electron chi connectivity index (χ3n) is 5.92. The summed E-state index contributed by atoms with van der Waals surface area (Å²) in [6.45, 7) is 5.18. The number of hydrogen-bond donors (Lipinski definition) is 3. The number of nitrogens with one attached hydrogen (secondary N) is 2. The number of para-hydroxylation sites is 2. The molecule has 3 heterocycles. The van der Waals surface area contributed by atoms with E-state index in [0.717, 1.165) is 52.8 Å². The minimum Gasteiger partial charge on any atom is -0.396 e. The highest BCUT2D eigenvalue weighted by Crippen LogP contribution is 2.41. The van der Waals surface area contributed by atoms with Crippen LogP contribution in [0.3, 0.4) is 0 Å². The molecule has 1 aromatic heterocycles. The molecule has 1 atom stereocenters. The van der Waals surface area contributed by atoms with Gasteiger partial charge in [0.1, 0.15) is 5.70 Å². The molecule has 5 nitrogen and oxygen atoms in total. The topological polar surface area (TPSA) is 66.3 Å². The molecule has 146 valence electrons. The number of anilines is 1. The zero-order valence-corrected chi connectivity index (χ0v) is 16.1. The lowest BCUT2D eigenvalue weighted by atomic mass is 9.91. The lowest BCUT2D eigenvalue weighted by Crippen LogP contribution is -2.22. The Labute approximate surface area is 169 Å². The van der Waals surface area contributed by atoms with Gasteiger partial charge in [-0.25, -0.2) is 0 Å². The second-order valence-electron chi connectivity index (χ2n) is 7.71. The summed E-state index contributed by atoms with van der Waals surface area (Å²) in [7, 11) is 0. The van der Waals surface area contributed by atoms with E-state index < -0.39 is 0 Å². The summed E-state index contributed by atoms with van der Waals surface area (Å²) in [5.74, 6) is 0.0578. The van der Waals surface area contributed by atoms with Crippen molar-refractivity contribution in [2.45, 2.75) is 19.4 Å². The van der Waals surface area contributed by atoms with Crippen molar-refractivity contribution >= 4 is 28.1 Å². The minimum absolute atomic E-state index is 0.174. The van der Waals surface area contributed by atoms with Gasteiger partial charge < -0.3 is 20.3 Å². The van der Waals surface area contributed by atoms with Gasteiger partial charge in [-0.3, -0.25) is 4.79 Å². The molecule has 5 heteroatoms. The maximum atomic E-state index is 12.8. The summed E-state index contributed by atoms with van der Waals surface area (Å²) in [6, 6.07) is 18.0. The van der Waals surface area contributed by atoms with Gasteiger partial charge in [0.05, 0.1) is 0 Å². The molecule has 3 N–H and O–H groups in total. The summed E-state index contributed by atoms with van der Waals surface area (Å²) in [4.78, 5) is 12.8. The first-order valence-electron chi connectivity index (χ1n) is 9.95. The number of carbonyl (C=O) groups excluding carboxylic acids is 1. The molecule has 0 saturated heterocycles. The number of rotatable bonds is 4. The number of allylic oxidation sites excluding steroid dienone is 1. The Bertz CT molecular complexity index is 1160. The summed E-state index contributed by atoms with van der Waals surface area (Å²) < 4.78 is 2.33. The van der Waals surface area contributed by atoms with Gasteiger partial charge in [-0.15, -0.1) is 0 Å². The van der Waals surface area contributed by atoms with Crippen LogP contribution in [0.15, 0.2) is 72.6 Å². The van der Waals surface area contributed by atoms with E-state index in [9.17, 15) is 9.90 Å². The molecule has 0 spiro atoms. The van der Waals surface area contributed by atoms with E-state index >= 15 is 0 Å². The lowest BCUT2D eigenvalue weighted by molar-refractivity contribution is -0.116. The quantitative estimate of drug-likeness (QED) is 0.642. The van der Waals surface area contributed by atoms with Crippen LogP contribution in [0.5, 0.6) is 0 Å². The number of nitrogens with zero attached hydrogens (tertiary/aromatic N) is 1. The second kappa shape index (κ2) is 6.94. The second-order valence-corrected chi connectivity index (χ2v) is 7.71. The van der Waals surface area contributed by atoms with Crippen LogP contribution in [0.2, 0.25) is 0 Å². The third kappa shape index (κ3) is 2.86. The molecule has 0 aliphatic carbocycles. The Hall–Kier alpha value is -3.31. The molecule has 1 unspecified atom stereocenters. The van der Waals surface area contributed by atoms with Crippen molar-refractivity contribution in [3.8, 4) is 0 Å². The van der Waals surface area contributed by atoms with E-state index in [1.807, 2.05) is 42.5 Å². The number of aliphatic hydroxyl groups excluding tert-OH is 1. The summed E-state index contributed by atoms with van der Waals surface area (Å²) in [5, 5.41) is 17.1. The van der Waals surface area contributed by atoms with Gasteiger partial charge in [-0.1, -0.05) is 43.0 Å². The van der Waals surface area contributed by atoms with Crippen LogP contribution in [-0.4, -0.2) is 22.2 Å². The fraction of sp³-hybridized carbons (Fsp3) is 0.208. The Morgan fingerprint density at radius 3 is 2.69 bits per heavy atom. The van der Waals surface area contributed by atoms with E-state index in [1.54, 1.807) is 0 Å². The first-order chi connectivity index (χ1) is 14.2. The van der Waals surface area contributed by atoms with Crippen LogP contribution in [0.25, 0.3) is 16.5 Å². The number of aromatic nitrogens is 1. The molecular weight excluding hydrogens is 362 g/mol. The largest absolute Gasteiger partial charge is 0.396 e. The van der Waals surface area contributed by atoms with E-state index in [0.29, 0.717) is 11.4 Å². The average Bonchev–Trinajstić information content (AvgIpc) is 3.21. The number of amides is 1. The van der Waals surface area contributed by atoms with Gasteiger partial charge in [-0.2, -0.15) is 0 Å². The van der Waals surface area contributed by atoms with Crippen molar-refractivity contribution in [3.63, 3.8) is 0 Å². The predicted octanol–water partition coefficient (Wildman–Crippen LogP) is 3.66. The van der Waals surface area contributed by atoms with Crippen molar-refractivity contribution in [2.24, 2.45) is 5.92 Å². The first kappa shape index (κ1) is 17.8. The maximum absolute atomic E-state index is 12.8. The fourth-order valence-electron chi connectivity index (χ4n) is 4.53. The molecule has 2 aliphatic heterocycles. The summed E-state index contributed by atoms with van der Waals surface area (Å²) in [6.07, 6.45) is 1.73. The molecule has 0 fully saturated rings. The Balaban J connectivity index is 1.75. The average molecular weight is 385 g/mol. The Kier molecular flexibility index (Phi) is 4.25. The molecular formula is C24H23N3O2. The zero-order chi connectivity index (χ0) is 20.0. The van der Waals surface area contributed by atoms with E-state index in [4.69, 9.17) is 0 Å². The van der Waals surface area contributed by atoms with Gasteiger partial charge in [0.2, 0.25) is 0 Å². The number of fused-ring (bicyclic) bond motifs is 3.